The average Bonchev–Trinajstić information content (AvgIpc) is 2.87. The summed E-state index contributed by atoms with van der Waals surface area (Å²) in [6.45, 7) is 3.71. The highest BCUT2D eigenvalue weighted by Crippen LogP contribution is 2.29. The zero-order valence-electron chi connectivity index (χ0n) is 21.3. The van der Waals surface area contributed by atoms with Gasteiger partial charge in [0.05, 0.1) is 34.7 Å². The molecule has 200 valence electrons. The van der Waals surface area contributed by atoms with Crippen molar-refractivity contribution < 1.29 is 19.1 Å². The van der Waals surface area contributed by atoms with Crippen molar-refractivity contribution in [3.63, 3.8) is 0 Å². The van der Waals surface area contributed by atoms with Crippen LogP contribution in [0.2, 0.25) is 0 Å². The molecule has 1 aliphatic rings. The quantitative estimate of drug-likeness (QED) is 0.251. The third-order valence-electron chi connectivity index (χ3n) is 6.56. The Balaban J connectivity index is 1.67. The second-order valence-electron chi connectivity index (χ2n) is 9.88. The Morgan fingerprint density at radius 1 is 1.05 bits per heavy atom. The first-order valence-corrected chi connectivity index (χ1v) is 12.4. The molecule has 0 saturated heterocycles. The van der Waals surface area contributed by atoms with E-state index in [1.54, 1.807) is 6.07 Å². The van der Waals surface area contributed by atoms with Crippen LogP contribution in [0.25, 0.3) is 0 Å². The van der Waals surface area contributed by atoms with Crippen molar-refractivity contribution in [1.29, 1.82) is 0 Å². The monoisotopic (exact) mass is 521 g/mol. The molecule has 2 aromatic heterocycles. The summed E-state index contributed by atoms with van der Waals surface area (Å²) in [4.78, 5) is 33.2. The number of carbonyl (C=O) groups is 2. The molecule has 1 fully saturated rings. The number of amides is 2. The number of hydrogen-bond donors (Lipinski definition) is 6. The molecule has 7 N–H and O–H groups in total. The van der Waals surface area contributed by atoms with E-state index in [9.17, 15) is 14.7 Å². The number of rotatable bonds is 8. The number of nitrogens with two attached hydrogens (primary N) is 1. The van der Waals surface area contributed by atoms with Gasteiger partial charge in [-0.25, -0.2) is 14.2 Å². The smallest absolute Gasteiger partial charge is 0.404 e. The number of aromatic nitrogens is 2. The minimum Gasteiger partial charge on any atom is -0.465 e. The molecule has 1 aliphatic carbocycles. The number of anilines is 4. The van der Waals surface area contributed by atoms with Crippen molar-refractivity contribution in [2.45, 2.75) is 57.2 Å². The molecule has 38 heavy (non-hydrogen) atoms. The minimum atomic E-state index is -1.14. The fourth-order valence-electron chi connectivity index (χ4n) is 4.61. The Bertz CT molecular complexity index is 1300. The number of benzene rings is 1. The Labute approximate surface area is 220 Å². The van der Waals surface area contributed by atoms with E-state index in [4.69, 9.17) is 5.73 Å². The molecular weight excluding hydrogens is 489 g/mol. The Hall–Kier alpha value is -4.41. The van der Waals surface area contributed by atoms with Crippen LogP contribution in [0.4, 0.5) is 32.2 Å². The van der Waals surface area contributed by atoms with Crippen LogP contribution in [0.5, 0.6) is 0 Å². The Kier molecular flexibility index (Phi) is 7.94. The second kappa shape index (κ2) is 11.3. The number of nitrogen functional groups attached to an aromatic ring is 1. The molecule has 1 aromatic carbocycles. The van der Waals surface area contributed by atoms with E-state index in [0.717, 1.165) is 24.5 Å². The highest BCUT2D eigenvalue weighted by atomic mass is 19.1. The van der Waals surface area contributed by atoms with E-state index >= 15 is 4.39 Å². The summed E-state index contributed by atoms with van der Waals surface area (Å²) in [6, 6.07) is 11.4. The Morgan fingerprint density at radius 3 is 2.45 bits per heavy atom. The molecule has 2 atom stereocenters. The number of nitrogens with one attached hydrogen (secondary N) is 4. The van der Waals surface area contributed by atoms with Gasteiger partial charge >= 0.3 is 6.09 Å². The van der Waals surface area contributed by atoms with Gasteiger partial charge in [0.1, 0.15) is 5.82 Å². The van der Waals surface area contributed by atoms with Crippen molar-refractivity contribution in [2.75, 3.05) is 16.4 Å². The zero-order valence-corrected chi connectivity index (χ0v) is 21.3. The van der Waals surface area contributed by atoms with Gasteiger partial charge in [0.2, 0.25) is 0 Å². The fourth-order valence-corrected chi connectivity index (χ4v) is 4.61. The fraction of sp³-hybridized carbons (Fsp3) is 0.333. The number of pyridine rings is 2. The van der Waals surface area contributed by atoms with E-state index in [2.05, 4.69) is 31.2 Å². The normalized spacial score (nSPS) is 17.3. The maximum Gasteiger partial charge on any atom is 0.404 e. The molecule has 1 saturated carbocycles. The van der Waals surface area contributed by atoms with Crippen LogP contribution in [0.3, 0.4) is 0 Å². The summed E-state index contributed by atoms with van der Waals surface area (Å²) in [5, 5.41) is 20.8. The molecule has 2 amide bonds. The van der Waals surface area contributed by atoms with E-state index in [-0.39, 0.29) is 23.2 Å². The van der Waals surface area contributed by atoms with Crippen LogP contribution in [-0.4, -0.2) is 39.2 Å². The second-order valence-corrected chi connectivity index (χ2v) is 9.88. The van der Waals surface area contributed by atoms with Crippen molar-refractivity contribution in [2.24, 2.45) is 0 Å². The van der Waals surface area contributed by atoms with Gasteiger partial charge in [-0.15, -0.1) is 0 Å². The average molecular weight is 522 g/mol. The first-order chi connectivity index (χ1) is 18.1. The van der Waals surface area contributed by atoms with Gasteiger partial charge in [-0.05, 0) is 44.4 Å². The molecule has 10 nitrogen and oxygen atoms in total. The molecule has 0 aliphatic heterocycles. The van der Waals surface area contributed by atoms with Crippen LogP contribution < -0.4 is 27.0 Å². The maximum absolute atomic E-state index is 15.4. The zero-order chi connectivity index (χ0) is 27.3. The summed E-state index contributed by atoms with van der Waals surface area (Å²) >= 11 is 0. The lowest BCUT2D eigenvalue weighted by atomic mass is 9.90. The van der Waals surface area contributed by atoms with Crippen LogP contribution in [0.1, 0.15) is 55.5 Å². The van der Waals surface area contributed by atoms with Crippen molar-refractivity contribution >= 4 is 35.0 Å². The maximum atomic E-state index is 15.4. The molecule has 3 aromatic rings. The van der Waals surface area contributed by atoms with Crippen LogP contribution in [0, 0.1) is 5.82 Å². The van der Waals surface area contributed by atoms with Crippen LogP contribution >= 0.6 is 0 Å². The number of carboxylic acid groups (broad SMARTS) is 1. The van der Waals surface area contributed by atoms with Crippen LogP contribution in [0.15, 0.2) is 54.9 Å². The van der Waals surface area contributed by atoms with Gasteiger partial charge in [0.25, 0.3) is 5.91 Å². The van der Waals surface area contributed by atoms with Gasteiger partial charge in [-0.2, -0.15) is 0 Å². The molecule has 0 bridgehead atoms. The van der Waals surface area contributed by atoms with Gasteiger partial charge in [-0.1, -0.05) is 43.2 Å². The van der Waals surface area contributed by atoms with Crippen molar-refractivity contribution in [1.82, 2.24) is 20.6 Å². The highest BCUT2D eigenvalue weighted by molar-refractivity contribution is 6.00. The standard InChI is InChI=1S/C27H32FN7O3/c1-27(2,16-8-4-3-5-9-16)35-25(36)19-13-20(28)24(32-21-10-6-7-11-22(21)33-26(37)38)34-23(19)31-18-12-17(29)14-30-15-18/h3-5,8-9,12-15,21-22,33H,6-7,10-11,29H2,1-2H3,(H,35,36)(H,37,38)(H2,31,32,34). The first-order valence-electron chi connectivity index (χ1n) is 12.4. The predicted molar refractivity (Wildman–Crippen MR) is 144 cm³/mol. The molecule has 2 heterocycles. The van der Waals surface area contributed by atoms with E-state index < -0.39 is 29.4 Å². The molecule has 0 radical (unpaired) electrons. The number of hydrogen-bond acceptors (Lipinski definition) is 7. The van der Waals surface area contributed by atoms with E-state index in [1.165, 1.54) is 12.4 Å². The minimum absolute atomic E-state index is 0.0108. The summed E-state index contributed by atoms with van der Waals surface area (Å²) in [6.07, 6.45) is 4.85. The summed E-state index contributed by atoms with van der Waals surface area (Å²) in [5.41, 5.74) is 6.85. The van der Waals surface area contributed by atoms with Crippen LogP contribution in [-0.2, 0) is 5.54 Å². The SMILES string of the molecule is CC(C)(NC(=O)c1cc(F)c(NC2CCCCC2NC(=O)O)nc1Nc1cncc(N)c1)c1ccccc1. The summed E-state index contributed by atoms with van der Waals surface area (Å²) in [5.74, 6) is -1.25. The van der Waals surface area contributed by atoms with Gasteiger partial charge in [-0.3, -0.25) is 9.78 Å². The molecular formula is C27H32FN7O3. The third kappa shape index (κ3) is 6.47. The predicted octanol–water partition coefficient (Wildman–Crippen LogP) is 4.60. The largest absolute Gasteiger partial charge is 0.465 e. The summed E-state index contributed by atoms with van der Waals surface area (Å²) < 4.78 is 15.4. The lowest BCUT2D eigenvalue weighted by Gasteiger charge is -2.32. The first kappa shape index (κ1) is 26.6. The van der Waals surface area contributed by atoms with Crippen molar-refractivity contribution in [3.8, 4) is 0 Å². The summed E-state index contributed by atoms with van der Waals surface area (Å²) in [7, 11) is 0. The molecule has 0 spiro atoms. The van der Waals surface area contributed by atoms with Crippen molar-refractivity contribution in [3.05, 3.63) is 71.8 Å². The topological polar surface area (TPSA) is 154 Å². The van der Waals surface area contributed by atoms with E-state index in [0.29, 0.717) is 24.2 Å². The number of carbonyl (C=O) groups excluding carboxylic acids is 1. The van der Waals surface area contributed by atoms with Gasteiger partial charge < -0.3 is 32.1 Å². The van der Waals surface area contributed by atoms with E-state index in [1.807, 2.05) is 44.2 Å². The van der Waals surface area contributed by atoms with Gasteiger partial charge in [0, 0.05) is 12.2 Å². The number of nitrogens with zero attached hydrogens (tertiary/aromatic N) is 2. The highest BCUT2D eigenvalue weighted by Gasteiger charge is 2.30. The lowest BCUT2D eigenvalue weighted by Crippen LogP contribution is -2.48. The Morgan fingerprint density at radius 2 is 1.76 bits per heavy atom. The third-order valence-corrected chi connectivity index (χ3v) is 6.56. The van der Waals surface area contributed by atoms with Gasteiger partial charge in [0.15, 0.2) is 11.6 Å². The molecule has 11 heteroatoms. The molecule has 4 rings (SSSR count). The molecule has 2 unspecified atom stereocenters. The number of halogens is 1. The lowest BCUT2D eigenvalue weighted by molar-refractivity contribution is 0.0912.